The van der Waals surface area contributed by atoms with Gasteiger partial charge in [0.05, 0.1) is 11.7 Å². The van der Waals surface area contributed by atoms with Crippen molar-refractivity contribution in [3.05, 3.63) is 132 Å². The van der Waals surface area contributed by atoms with Crippen LogP contribution in [0.4, 0.5) is 5.69 Å². The summed E-state index contributed by atoms with van der Waals surface area (Å²) < 4.78 is 12.4. The van der Waals surface area contributed by atoms with E-state index in [2.05, 4.69) is 46.4 Å². The summed E-state index contributed by atoms with van der Waals surface area (Å²) in [7, 11) is 0. The van der Waals surface area contributed by atoms with Crippen LogP contribution in [0.3, 0.4) is 0 Å². The Bertz CT molecular complexity index is 1520. The van der Waals surface area contributed by atoms with E-state index in [1.165, 1.54) is 5.56 Å². The summed E-state index contributed by atoms with van der Waals surface area (Å²) in [5.41, 5.74) is 3.07. The fraction of sp³-hybridized carbons (Fsp3) is 0.0968. The zero-order valence-corrected chi connectivity index (χ0v) is 22.3. The molecule has 2 aromatic heterocycles. The van der Waals surface area contributed by atoms with Gasteiger partial charge < -0.3 is 19.4 Å². The van der Waals surface area contributed by atoms with Crippen molar-refractivity contribution in [2.75, 3.05) is 4.90 Å². The van der Waals surface area contributed by atoms with Crippen molar-refractivity contribution in [2.45, 2.75) is 29.0 Å². The van der Waals surface area contributed by atoms with Gasteiger partial charge in [-0.1, -0.05) is 53.7 Å². The van der Waals surface area contributed by atoms with E-state index >= 15 is 0 Å². The lowest BCUT2D eigenvalue weighted by atomic mass is 10.0. The smallest absolute Gasteiger partial charge is 0.174 e. The van der Waals surface area contributed by atoms with Gasteiger partial charge in [0.15, 0.2) is 10.2 Å². The summed E-state index contributed by atoms with van der Waals surface area (Å²) in [6, 6.07) is 35.7. The Kier molecular flexibility index (Phi) is 6.86. The van der Waals surface area contributed by atoms with Crippen molar-refractivity contribution in [3.8, 4) is 11.5 Å². The average molecular weight is 536 g/mol. The monoisotopic (exact) mass is 535 g/mol. The summed E-state index contributed by atoms with van der Waals surface area (Å²) in [5.74, 6) is 2.36. The van der Waals surface area contributed by atoms with Crippen LogP contribution < -0.4 is 15.0 Å². The van der Waals surface area contributed by atoms with Crippen LogP contribution in [0.1, 0.15) is 29.1 Å². The van der Waals surface area contributed by atoms with Crippen molar-refractivity contribution >= 4 is 34.8 Å². The van der Waals surface area contributed by atoms with E-state index in [1.807, 2.05) is 84.9 Å². The fourth-order valence-electron chi connectivity index (χ4n) is 4.49. The van der Waals surface area contributed by atoms with Gasteiger partial charge in [0.2, 0.25) is 0 Å². The summed E-state index contributed by atoms with van der Waals surface area (Å²) >= 11 is 7.45. The minimum Gasteiger partial charge on any atom is -0.457 e. The number of aromatic nitrogens is 1. The molecule has 1 aliphatic rings. The minimum absolute atomic E-state index is 0.174. The molecule has 7 heteroatoms. The molecule has 1 saturated heterocycles. The molecule has 1 N–H and O–H groups in total. The Morgan fingerprint density at radius 3 is 2.32 bits per heavy atom. The highest BCUT2D eigenvalue weighted by Gasteiger charge is 2.42. The number of benzene rings is 3. The Morgan fingerprint density at radius 2 is 1.58 bits per heavy atom. The number of nitrogens with one attached hydrogen (secondary N) is 1. The first kappa shape index (κ1) is 24.3. The summed E-state index contributed by atoms with van der Waals surface area (Å²) in [6.07, 6.45) is 1.80. The van der Waals surface area contributed by atoms with E-state index < -0.39 is 0 Å². The van der Waals surface area contributed by atoms with Crippen molar-refractivity contribution in [1.29, 1.82) is 0 Å². The van der Waals surface area contributed by atoms with E-state index in [0.29, 0.717) is 5.11 Å². The van der Waals surface area contributed by atoms with Gasteiger partial charge in [-0.3, -0.25) is 4.98 Å². The molecule has 0 unspecified atom stereocenters. The van der Waals surface area contributed by atoms with Crippen LogP contribution >= 0.6 is 24.0 Å². The van der Waals surface area contributed by atoms with Crippen LogP contribution in [0, 0.1) is 6.92 Å². The number of nitrogens with zero attached hydrogens (tertiary/aromatic N) is 2. The molecule has 0 radical (unpaired) electrons. The Labute approximate surface area is 231 Å². The number of para-hydroxylation sites is 1. The van der Waals surface area contributed by atoms with Gasteiger partial charge in [-0.05, 0) is 91.9 Å². The van der Waals surface area contributed by atoms with Gasteiger partial charge in [-0.2, -0.15) is 0 Å². The SMILES string of the molecule is Cc1ccc(Sc2ccc([C@@H]3[C@H](c4ccccn4)NC(=S)N3c3ccc(Oc4ccccc4)cc3)o2)cc1. The molecule has 0 saturated carbocycles. The van der Waals surface area contributed by atoms with Gasteiger partial charge in [0.25, 0.3) is 0 Å². The number of thiocarbonyl (C=S) groups is 1. The second-order valence-electron chi connectivity index (χ2n) is 8.98. The second kappa shape index (κ2) is 10.7. The van der Waals surface area contributed by atoms with Crippen molar-refractivity contribution in [1.82, 2.24) is 10.3 Å². The number of hydrogen-bond donors (Lipinski definition) is 1. The molecule has 1 fully saturated rings. The van der Waals surface area contributed by atoms with Gasteiger partial charge in [0, 0.05) is 16.8 Å². The number of pyridine rings is 1. The highest BCUT2D eigenvalue weighted by atomic mass is 32.2. The first-order chi connectivity index (χ1) is 18.6. The van der Waals surface area contributed by atoms with Crippen molar-refractivity contribution in [2.24, 2.45) is 0 Å². The van der Waals surface area contributed by atoms with E-state index in [1.54, 1.807) is 18.0 Å². The maximum Gasteiger partial charge on any atom is 0.174 e. The van der Waals surface area contributed by atoms with Gasteiger partial charge in [-0.25, -0.2) is 0 Å². The molecule has 0 amide bonds. The standard InChI is InChI=1S/C31H25N3O2S2/c1-21-10-16-25(17-11-21)38-28-19-18-27(36-28)30-29(26-9-5-6-20-32-26)33-31(37)34(30)22-12-14-24(15-13-22)35-23-7-3-2-4-8-23/h2-20,29-30H,1H3,(H,33,37)/t29-,30+/m0/s1. The highest BCUT2D eigenvalue weighted by molar-refractivity contribution is 7.99. The number of aryl methyl sites for hydroxylation is 1. The molecule has 0 spiro atoms. The largest absolute Gasteiger partial charge is 0.457 e. The van der Waals surface area contributed by atoms with Crippen molar-refractivity contribution in [3.63, 3.8) is 0 Å². The lowest BCUT2D eigenvalue weighted by molar-refractivity contribution is 0.383. The third-order valence-electron chi connectivity index (χ3n) is 6.32. The number of hydrogen-bond acceptors (Lipinski definition) is 5. The molecule has 188 valence electrons. The molecule has 38 heavy (non-hydrogen) atoms. The third-order valence-corrected chi connectivity index (χ3v) is 7.57. The molecule has 6 rings (SSSR count). The molecular formula is C31H25N3O2S2. The Morgan fingerprint density at radius 1 is 0.842 bits per heavy atom. The van der Waals surface area contributed by atoms with Gasteiger partial charge in [-0.15, -0.1) is 0 Å². The van der Waals surface area contributed by atoms with Crippen LogP contribution in [0.25, 0.3) is 0 Å². The van der Waals surface area contributed by atoms with E-state index in [9.17, 15) is 0 Å². The Balaban J connectivity index is 1.31. The number of furan rings is 1. The molecular weight excluding hydrogens is 510 g/mol. The predicted molar refractivity (Wildman–Crippen MR) is 155 cm³/mol. The third kappa shape index (κ3) is 5.16. The molecule has 5 aromatic rings. The van der Waals surface area contributed by atoms with E-state index in [-0.39, 0.29) is 12.1 Å². The molecule has 2 atom stereocenters. The lowest BCUT2D eigenvalue weighted by Crippen LogP contribution is -2.29. The van der Waals surface area contributed by atoms with E-state index in [0.717, 1.165) is 38.6 Å². The summed E-state index contributed by atoms with van der Waals surface area (Å²) in [6.45, 7) is 2.09. The van der Waals surface area contributed by atoms with Gasteiger partial charge in [0.1, 0.15) is 23.3 Å². The molecule has 0 bridgehead atoms. The van der Waals surface area contributed by atoms with Gasteiger partial charge >= 0.3 is 0 Å². The molecule has 5 nitrogen and oxygen atoms in total. The summed E-state index contributed by atoms with van der Waals surface area (Å²) in [5, 5.41) is 4.93. The average Bonchev–Trinajstić information content (AvgIpc) is 3.55. The normalized spacial score (nSPS) is 16.9. The van der Waals surface area contributed by atoms with Crippen LogP contribution in [0.2, 0.25) is 0 Å². The fourth-order valence-corrected chi connectivity index (χ4v) is 5.62. The first-order valence-corrected chi connectivity index (χ1v) is 13.5. The molecule has 1 aliphatic heterocycles. The van der Waals surface area contributed by atoms with Crippen LogP contribution in [-0.4, -0.2) is 10.1 Å². The van der Waals surface area contributed by atoms with Crippen LogP contribution in [0.15, 0.2) is 130 Å². The molecule has 3 aromatic carbocycles. The summed E-state index contributed by atoms with van der Waals surface area (Å²) in [4.78, 5) is 7.85. The maximum atomic E-state index is 6.43. The minimum atomic E-state index is -0.217. The topological polar surface area (TPSA) is 50.5 Å². The van der Waals surface area contributed by atoms with Crippen molar-refractivity contribution < 1.29 is 9.15 Å². The number of anilines is 1. The Hall–Kier alpha value is -4.07. The van der Waals surface area contributed by atoms with Crippen LogP contribution in [-0.2, 0) is 0 Å². The predicted octanol–water partition coefficient (Wildman–Crippen LogP) is 8.10. The zero-order valence-electron chi connectivity index (χ0n) is 20.7. The molecule has 0 aliphatic carbocycles. The maximum absolute atomic E-state index is 6.43. The van der Waals surface area contributed by atoms with E-state index in [4.69, 9.17) is 21.4 Å². The quantitative estimate of drug-likeness (QED) is 0.211. The number of ether oxygens (including phenoxy) is 1. The molecule has 3 heterocycles. The number of rotatable bonds is 7. The van der Waals surface area contributed by atoms with Crippen LogP contribution in [0.5, 0.6) is 11.5 Å². The lowest BCUT2D eigenvalue weighted by Gasteiger charge is -2.26. The zero-order chi connectivity index (χ0) is 25.9. The highest BCUT2D eigenvalue weighted by Crippen LogP contribution is 2.43. The second-order valence-corrected chi connectivity index (χ2v) is 10.4. The first-order valence-electron chi connectivity index (χ1n) is 12.3.